The van der Waals surface area contributed by atoms with Gasteiger partial charge in [0.05, 0.1) is 28.7 Å². The van der Waals surface area contributed by atoms with Crippen LogP contribution in [-0.4, -0.2) is 12.6 Å². The molecule has 0 spiro atoms. The number of halogens is 5. The monoisotopic (exact) mass is 420 g/mol. The average molecular weight is 421 g/mol. The summed E-state index contributed by atoms with van der Waals surface area (Å²) in [4.78, 5) is 12.4. The van der Waals surface area contributed by atoms with Crippen LogP contribution in [0.2, 0.25) is 10.0 Å². The van der Waals surface area contributed by atoms with Crippen LogP contribution in [0.4, 0.5) is 13.2 Å². The molecule has 1 aromatic rings. The van der Waals surface area contributed by atoms with Gasteiger partial charge in [0.1, 0.15) is 17.4 Å². The quantitative estimate of drug-likeness (QED) is 0.718. The molecule has 144 valence electrons. The van der Waals surface area contributed by atoms with Crippen molar-refractivity contribution in [2.75, 3.05) is 6.61 Å². The largest absolute Gasteiger partial charge is 0.463 e. The van der Waals surface area contributed by atoms with Gasteiger partial charge in [-0.25, -0.2) is 4.79 Å². The number of benzene rings is 1. The lowest BCUT2D eigenvalue weighted by atomic mass is 9.82. The van der Waals surface area contributed by atoms with E-state index in [0.717, 1.165) is 6.07 Å². The molecule has 5 nitrogen and oxygen atoms in total. The highest BCUT2D eigenvalue weighted by Crippen LogP contribution is 2.48. The van der Waals surface area contributed by atoms with Crippen LogP contribution in [0.5, 0.6) is 0 Å². The Balaban J connectivity index is 2.84. The second-order valence-corrected chi connectivity index (χ2v) is 6.22. The van der Waals surface area contributed by atoms with E-state index in [2.05, 4.69) is 0 Å². The predicted octanol–water partition coefficient (Wildman–Crippen LogP) is 4.66. The summed E-state index contributed by atoms with van der Waals surface area (Å²) in [5, 5.41) is 8.56. The molecule has 1 atom stereocenters. The van der Waals surface area contributed by atoms with Gasteiger partial charge in [0.25, 0.3) is 0 Å². The van der Waals surface area contributed by atoms with E-state index in [1.54, 1.807) is 13.0 Å². The third kappa shape index (κ3) is 3.84. The molecule has 1 aliphatic rings. The Morgan fingerprint density at radius 1 is 1.41 bits per heavy atom. The Labute approximate surface area is 162 Å². The fraction of sp³-hybridized carbons (Fsp3) is 0.294. The molecule has 0 amide bonds. The number of hydrogen-bond donors (Lipinski definition) is 1. The van der Waals surface area contributed by atoms with Gasteiger partial charge in [-0.2, -0.15) is 18.4 Å². The number of nitrogens with two attached hydrogens (primary N) is 1. The first-order chi connectivity index (χ1) is 12.5. The molecule has 0 aliphatic carbocycles. The first kappa shape index (κ1) is 20.9. The van der Waals surface area contributed by atoms with Crippen LogP contribution in [-0.2, 0) is 20.4 Å². The van der Waals surface area contributed by atoms with Gasteiger partial charge in [0, 0.05) is 10.6 Å². The van der Waals surface area contributed by atoms with Crippen molar-refractivity contribution in [3.63, 3.8) is 0 Å². The van der Waals surface area contributed by atoms with E-state index in [4.69, 9.17) is 38.4 Å². The van der Waals surface area contributed by atoms with E-state index in [9.17, 15) is 23.2 Å². The maximum Gasteiger partial charge on any atom is 0.417 e. The molecule has 27 heavy (non-hydrogen) atoms. The lowest BCUT2D eigenvalue weighted by molar-refractivity contribution is -0.139. The lowest BCUT2D eigenvalue weighted by Crippen LogP contribution is -2.26. The molecule has 0 radical (unpaired) electrons. The number of nitrogens with zero attached hydrogens (tertiary/aromatic N) is 1. The van der Waals surface area contributed by atoms with Crippen molar-refractivity contribution in [2.24, 2.45) is 5.73 Å². The number of ether oxygens (including phenoxy) is 2. The van der Waals surface area contributed by atoms with Crippen molar-refractivity contribution >= 4 is 29.2 Å². The summed E-state index contributed by atoms with van der Waals surface area (Å²) < 4.78 is 50.0. The Morgan fingerprint density at radius 2 is 2.04 bits per heavy atom. The van der Waals surface area contributed by atoms with Crippen LogP contribution in [0, 0.1) is 11.3 Å². The zero-order valence-electron chi connectivity index (χ0n) is 14.1. The number of nitriles is 1. The zero-order chi connectivity index (χ0) is 20.5. The minimum atomic E-state index is -4.77. The van der Waals surface area contributed by atoms with Gasteiger partial charge in [-0.1, -0.05) is 23.2 Å². The van der Waals surface area contributed by atoms with E-state index in [-0.39, 0.29) is 40.0 Å². The smallest absolute Gasteiger partial charge is 0.417 e. The highest BCUT2D eigenvalue weighted by Gasteiger charge is 2.41. The molecular weight excluding hydrogens is 408 g/mol. The molecule has 1 heterocycles. The second-order valence-electron chi connectivity index (χ2n) is 5.44. The summed E-state index contributed by atoms with van der Waals surface area (Å²) in [6.45, 7) is 2.91. The van der Waals surface area contributed by atoms with E-state index >= 15 is 0 Å². The van der Waals surface area contributed by atoms with Gasteiger partial charge in [0.15, 0.2) is 0 Å². The molecule has 0 saturated heterocycles. The van der Waals surface area contributed by atoms with Crippen molar-refractivity contribution in [1.82, 2.24) is 0 Å². The summed E-state index contributed by atoms with van der Waals surface area (Å²) in [7, 11) is 0. The normalized spacial score (nSPS) is 17.5. The van der Waals surface area contributed by atoms with Gasteiger partial charge in [-0.05, 0) is 26.0 Å². The number of carbonyl (C=O) groups excluding carboxylic acids is 1. The van der Waals surface area contributed by atoms with Gasteiger partial charge < -0.3 is 15.2 Å². The van der Waals surface area contributed by atoms with Crippen LogP contribution >= 0.6 is 23.2 Å². The fourth-order valence-corrected chi connectivity index (χ4v) is 3.39. The van der Waals surface area contributed by atoms with Crippen LogP contribution in [0.3, 0.4) is 0 Å². The van der Waals surface area contributed by atoms with E-state index in [1.807, 2.05) is 0 Å². The molecule has 0 fully saturated rings. The molecule has 1 aromatic carbocycles. The number of hydrogen-bond acceptors (Lipinski definition) is 5. The lowest BCUT2D eigenvalue weighted by Gasteiger charge is -2.28. The number of esters is 1. The van der Waals surface area contributed by atoms with Crippen molar-refractivity contribution in [2.45, 2.75) is 25.9 Å². The van der Waals surface area contributed by atoms with Crippen molar-refractivity contribution in [3.8, 4) is 6.07 Å². The standard InChI is InChI=1S/C17H13Cl2F3N2O3/c1-3-26-16(25)11-7(2)27-15(24)8(6-23)12(11)13-10(18)5-4-9(14(13)19)17(20,21)22/h4-5,12H,3,24H2,1-2H3. The topological polar surface area (TPSA) is 85.3 Å². The molecule has 1 unspecified atom stereocenters. The minimum absolute atomic E-state index is 0.00648. The van der Waals surface area contributed by atoms with Crippen molar-refractivity contribution in [1.29, 1.82) is 5.26 Å². The van der Waals surface area contributed by atoms with Crippen LogP contribution in [0.25, 0.3) is 0 Å². The van der Waals surface area contributed by atoms with E-state index in [1.165, 1.54) is 6.92 Å². The second kappa shape index (κ2) is 7.71. The van der Waals surface area contributed by atoms with Crippen LogP contribution in [0.1, 0.15) is 30.9 Å². The number of allylic oxidation sites excluding steroid dienone is 2. The van der Waals surface area contributed by atoms with Crippen LogP contribution < -0.4 is 5.73 Å². The molecule has 10 heteroatoms. The maximum absolute atomic E-state index is 13.3. The summed E-state index contributed by atoms with van der Waals surface area (Å²) in [6.07, 6.45) is -4.77. The average Bonchev–Trinajstić information content (AvgIpc) is 2.53. The summed E-state index contributed by atoms with van der Waals surface area (Å²) in [5.41, 5.74) is 3.77. The Morgan fingerprint density at radius 3 is 2.56 bits per heavy atom. The number of carbonyl (C=O) groups is 1. The van der Waals surface area contributed by atoms with Gasteiger partial charge in [0.2, 0.25) is 5.88 Å². The summed E-state index contributed by atoms with van der Waals surface area (Å²) >= 11 is 12.1. The Hall–Kier alpha value is -2.37. The molecule has 0 aromatic heterocycles. The first-order valence-electron chi connectivity index (χ1n) is 7.55. The Bertz CT molecular complexity index is 902. The molecule has 0 saturated carbocycles. The van der Waals surface area contributed by atoms with Crippen molar-refractivity contribution < 1.29 is 27.4 Å². The highest BCUT2D eigenvalue weighted by molar-refractivity contribution is 6.37. The molecule has 1 aliphatic heterocycles. The molecule has 0 bridgehead atoms. The zero-order valence-corrected chi connectivity index (χ0v) is 15.6. The molecule has 2 rings (SSSR count). The molecule has 2 N–H and O–H groups in total. The summed E-state index contributed by atoms with van der Waals surface area (Å²) in [6, 6.07) is 3.46. The highest BCUT2D eigenvalue weighted by atomic mass is 35.5. The predicted molar refractivity (Wildman–Crippen MR) is 91.4 cm³/mol. The van der Waals surface area contributed by atoms with E-state index in [0.29, 0.717) is 6.07 Å². The SMILES string of the molecule is CCOC(=O)C1=C(C)OC(N)=C(C#N)C1c1c(Cl)ccc(C(F)(F)F)c1Cl. The third-order valence-corrected chi connectivity index (χ3v) is 4.56. The summed E-state index contributed by atoms with van der Waals surface area (Å²) in [5.74, 6) is -2.65. The minimum Gasteiger partial charge on any atom is -0.463 e. The molecular formula is C17H13Cl2F3N2O3. The van der Waals surface area contributed by atoms with E-state index < -0.39 is 28.6 Å². The number of rotatable bonds is 3. The van der Waals surface area contributed by atoms with Crippen LogP contribution in [0.15, 0.2) is 34.9 Å². The van der Waals surface area contributed by atoms with Gasteiger partial charge in [-0.15, -0.1) is 0 Å². The van der Waals surface area contributed by atoms with Crippen molar-refractivity contribution in [3.05, 3.63) is 56.1 Å². The van der Waals surface area contributed by atoms with Gasteiger partial charge in [-0.3, -0.25) is 0 Å². The fourth-order valence-electron chi connectivity index (χ4n) is 2.70. The maximum atomic E-state index is 13.3. The third-order valence-electron chi connectivity index (χ3n) is 3.82. The van der Waals surface area contributed by atoms with Gasteiger partial charge >= 0.3 is 12.1 Å². The first-order valence-corrected chi connectivity index (χ1v) is 8.30. The number of alkyl halides is 3. The Kier molecular flexibility index (Phi) is 5.97.